The molecule has 0 aromatic carbocycles. The summed E-state index contributed by atoms with van der Waals surface area (Å²) in [6, 6.07) is 0.517. The molecule has 1 rings (SSSR count). The van der Waals surface area contributed by atoms with E-state index in [1.807, 2.05) is 13.1 Å². The van der Waals surface area contributed by atoms with Crippen molar-refractivity contribution in [3.63, 3.8) is 0 Å². The fourth-order valence-electron chi connectivity index (χ4n) is 2.33. The first-order valence-electron chi connectivity index (χ1n) is 8.14. The van der Waals surface area contributed by atoms with Gasteiger partial charge in [-0.2, -0.15) is 0 Å². The maximum atomic E-state index is 5.34. The maximum absolute atomic E-state index is 5.34. The quantitative estimate of drug-likeness (QED) is 0.582. The molecule has 1 aromatic heterocycles. The van der Waals surface area contributed by atoms with E-state index in [9.17, 15) is 0 Å². The number of rotatable bonds is 12. The van der Waals surface area contributed by atoms with E-state index in [-0.39, 0.29) is 0 Å². The number of nitrogens with zero attached hydrogens (tertiary/aromatic N) is 2. The molecule has 4 nitrogen and oxygen atoms in total. The average Bonchev–Trinajstić information content (AvgIpc) is 2.92. The maximum Gasteiger partial charge on any atom is 0.203 e. The molecule has 1 atom stereocenters. The Labute approximate surface area is 123 Å². The zero-order valence-electron chi connectivity index (χ0n) is 13.4. The molecule has 0 aliphatic carbocycles. The molecule has 0 spiro atoms. The third-order valence-electron chi connectivity index (χ3n) is 3.57. The first kappa shape index (κ1) is 17.0. The number of nitrogens with one attached hydrogen (secondary N) is 1. The van der Waals surface area contributed by atoms with Crippen LogP contribution in [0.4, 0.5) is 5.95 Å². The lowest BCUT2D eigenvalue weighted by Crippen LogP contribution is -2.13. The second-order valence-electron chi connectivity index (χ2n) is 5.33. The highest BCUT2D eigenvalue weighted by molar-refractivity contribution is 5.26. The van der Waals surface area contributed by atoms with Crippen LogP contribution in [0.15, 0.2) is 12.4 Å². The molecule has 0 saturated carbocycles. The summed E-state index contributed by atoms with van der Waals surface area (Å²) in [7, 11) is 0. The molecule has 1 heterocycles. The second kappa shape index (κ2) is 10.7. The fraction of sp³-hybridized carbons (Fsp3) is 0.812. The summed E-state index contributed by atoms with van der Waals surface area (Å²) in [5, 5.41) is 3.41. The largest absolute Gasteiger partial charge is 0.382 e. The van der Waals surface area contributed by atoms with Crippen molar-refractivity contribution in [1.29, 1.82) is 0 Å². The molecule has 116 valence electrons. The molecule has 4 heteroatoms. The third kappa shape index (κ3) is 6.42. The summed E-state index contributed by atoms with van der Waals surface area (Å²) in [5.74, 6) is 0.990. The van der Waals surface area contributed by atoms with Gasteiger partial charge >= 0.3 is 0 Å². The summed E-state index contributed by atoms with van der Waals surface area (Å²) in [4.78, 5) is 4.41. The van der Waals surface area contributed by atoms with Crippen LogP contribution in [0.3, 0.4) is 0 Å². The van der Waals surface area contributed by atoms with Crippen LogP contribution < -0.4 is 5.32 Å². The van der Waals surface area contributed by atoms with Gasteiger partial charge < -0.3 is 14.6 Å². The molecule has 0 fully saturated rings. The topological polar surface area (TPSA) is 39.1 Å². The molecule has 0 aliphatic rings. The van der Waals surface area contributed by atoms with Crippen molar-refractivity contribution >= 4 is 5.95 Å². The summed E-state index contributed by atoms with van der Waals surface area (Å²) in [6.45, 7) is 9.09. The van der Waals surface area contributed by atoms with Crippen molar-refractivity contribution in [3.05, 3.63) is 12.4 Å². The van der Waals surface area contributed by atoms with Crippen LogP contribution in [-0.2, 0) is 4.74 Å². The minimum absolute atomic E-state index is 0.517. The predicted octanol–water partition coefficient (Wildman–Crippen LogP) is 4.25. The van der Waals surface area contributed by atoms with Gasteiger partial charge in [-0.1, -0.05) is 32.6 Å². The van der Waals surface area contributed by atoms with E-state index in [1.54, 1.807) is 0 Å². The van der Waals surface area contributed by atoms with E-state index in [0.29, 0.717) is 6.04 Å². The van der Waals surface area contributed by atoms with Gasteiger partial charge in [0.1, 0.15) is 0 Å². The normalized spacial score (nSPS) is 12.6. The molecule has 0 saturated heterocycles. The zero-order chi connectivity index (χ0) is 14.6. The highest BCUT2D eigenvalue weighted by Gasteiger charge is 2.09. The van der Waals surface area contributed by atoms with Gasteiger partial charge in [-0.15, -0.1) is 0 Å². The molecular formula is C16H31N3O. The van der Waals surface area contributed by atoms with Crippen LogP contribution >= 0.6 is 0 Å². The van der Waals surface area contributed by atoms with Crippen LogP contribution in [-0.4, -0.2) is 29.3 Å². The van der Waals surface area contributed by atoms with Crippen LogP contribution in [0.5, 0.6) is 0 Å². The third-order valence-corrected chi connectivity index (χ3v) is 3.57. The first-order chi connectivity index (χ1) is 9.79. The summed E-state index contributed by atoms with van der Waals surface area (Å²) >= 11 is 0. The van der Waals surface area contributed by atoms with Crippen LogP contribution in [0.1, 0.15) is 65.3 Å². The Balaban J connectivity index is 2.29. The molecule has 0 radical (unpaired) electrons. The standard InChI is InChI=1S/C16H31N3O/c1-4-6-7-8-10-15(3)19-13-12-18-16(19)17-11-9-14-20-5-2/h12-13,15H,4-11,14H2,1-3H3,(H,17,18). The van der Waals surface area contributed by atoms with Gasteiger partial charge in [0.25, 0.3) is 0 Å². The van der Waals surface area contributed by atoms with Gasteiger partial charge in [-0.25, -0.2) is 4.98 Å². The van der Waals surface area contributed by atoms with Crippen molar-refractivity contribution in [2.24, 2.45) is 0 Å². The molecule has 0 bridgehead atoms. The Morgan fingerprint density at radius 3 is 2.85 bits per heavy atom. The van der Waals surface area contributed by atoms with Crippen molar-refractivity contribution in [3.8, 4) is 0 Å². The molecule has 0 aliphatic heterocycles. The van der Waals surface area contributed by atoms with Gasteiger partial charge in [0.15, 0.2) is 0 Å². The summed E-state index contributed by atoms with van der Waals surface area (Å²) in [5.41, 5.74) is 0. The van der Waals surface area contributed by atoms with Crippen LogP contribution in [0, 0.1) is 0 Å². The smallest absolute Gasteiger partial charge is 0.203 e. The molecule has 1 aromatic rings. The highest BCUT2D eigenvalue weighted by atomic mass is 16.5. The first-order valence-corrected chi connectivity index (χ1v) is 8.14. The second-order valence-corrected chi connectivity index (χ2v) is 5.33. The van der Waals surface area contributed by atoms with E-state index in [4.69, 9.17) is 4.74 Å². The van der Waals surface area contributed by atoms with Crippen molar-refractivity contribution < 1.29 is 4.74 Å². The Morgan fingerprint density at radius 2 is 2.10 bits per heavy atom. The van der Waals surface area contributed by atoms with Gasteiger partial charge in [0.2, 0.25) is 5.95 Å². The minimum atomic E-state index is 0.517. The van der Waals surface area contributed by atoms with Crippen molar-refractivity contribution in [1.82, 2.24) is 9.55 Å². The van der Waals surface area contributed by atoms with Gasteiger partial charge in [0.05, 0.1) is 0 Å². The van der Waals surface area contributed by atoms with E-state index < -0.39 is 0 Å². The molecule has 0 amide bonds. The number of imidazole rings is 1. The van der Waals surface area contributed by atoms with Gasteiger partial charge in [-0.3, -0.25) is 0 Å². The number of ether oxygens (including phenoxy) is 1. The van der Waals surface area contributed by atoms with Crippen LogP contribution in [0.25, 0.3) is 0 Å². The molecule has 1 N–H and O–H groups in total. The Kier molecular flexibility index (Phi) is 9.13. The number of hydrogen-bond acceptors (Lipinski definition) is 3. The lowest BCUT2D eigenvalue weighted by Gasteiger charge is -2.17. The summed E-state index contributed by atoms with van der Waals surface area (Å²) in [6.07, 6.45) is 11.5. The number of anilines is 1. The van der Waals surface area contributed by atoms with E-state index in [0.717, 1.165) is 32.1 Å². The average molecular weight is 281 g/mol. The SMILES string of the molecule is CCCCCCC(C)n1ccnc1NCCCOCC. The zero-order valence-corrected chi connectivity index (χ0v) is 13.4. The predicted molar refractivity (Wildman–Crippen MR) is 85.3 cm³/mol. The molecular weight excluding hydrogens is 250 g/mol. The van der Waals surface area contributed by atoms with E-state index >= 15 is 0 Å². The number of aromatic nitrogens is 2. The molecule has 20 heavy (non-hydrogen) atoms. The monoisotopic (exact) mass is 281 g/mol. The van der Waals surface area contributed by atoms with E-state index in [1.165, 1.54) is 32.1 Å². The van der Waals surface area contributed by atoms with Gasteiger partial charge in [0, 0.05) is 38.2 Å². The Morgan fingerprint density at radius 1 is 1.25 bits per heavy atom. The van der Waals surface area contributed by atoms with Crippen molar-refractivity contribution in [2.75, 3.05) is 25.1 Å². The van der Waals surface area contributed by atoms with E-state index in [2.05, 4.69) is 34.9 Å². The Bertz CT molecular complexity index is 338. The number of hydrogen-bond donors (Lipinski definition) is 1. The van der Waals surface area contributed by atoms with Crippen LogP contribution in [0.2, 0.25) is 0 Å². The fourth-order valence-corrected chi connectivity index (χ4v) is 2.33. The minimum Gasteiger partial charge on any atom is -0.382 e. The lowest BCUT2D eigenvalue weighted by molar-refractivity contribution is 0.147. The van der Waals surface area contributed by atoms with Crippen molar-refractivity contribution in [2.45, 2.75) is 65.3 Å². The summed E-state index contributed by atoms with van der Waals surface area (Å²) < 4.78 is 7.60. The van der Waals surface area contributed by atoms with Gasteiger partial charge in [-0.05, 0) is 26.7 Å². The lowest BCUT2D eigenvalue weighted by atomic mass is 10.1. The highest BCUT2D eigenvalue weighted by Crippen LogP contribution is 2.19. The molecule has 1 unspecified atom stereocenters. The Hall–Kier alpha value is -1.03. The number of unbranched alkanes of at least 4 members (excludes halogenated alkanes) is 3.